The molecule has 1 N–H and O–H groups in total. The molecule has 1 aliphatic heterocycles. The molecule has 31 heavy (non-hydrogen) atoms. The first-order chi connectivity index (χ1) is 14.8. The molecule has 0 radical (unpaired) electrons. The number of fused-ring (bicyclic) bond motifs is 1. The van der Waals surface area contributed by atoms with E-state index in [4.69, 9.17) is 4.98 Å². The van der Waals surface area contributed by atoms with Crippen molar-refractivity contribution in [1.82, 2.24) is 14.5 Å². The Morgan fingerprint density at radius 1 is 1.13 bits per heavy atom. The van der Waals surface area contributed by atoms with Gasteiger partial charge in [0.05, 0.1) is 22.3 Å². The van der Waals surface area contributed by atoms with Gasteiger partial charge in [-0.2, -0.15) is 13.2 Å². The molecule has 2 heterocycles. The zero-order valence-corrected chi connectivity index (χ0v) is 17.5. The van der Waals surface area contributed by atoms with Crippen LogP contribution in [-0.4, -0.2) is 33.6 Å². The number of urea groups is 1. The number of carbonyl (C=O) groups is 1. The number of halogens is 3. The number of para-hydroxylation sites is 3. The zero-order chi connectivity index (χ0) is 22.2. The molecule has 2 amide bonds. The van der Waals surface area contributed by atoms with Gasteiger partial charge >= 0.3 is 12.2 Å². The average Bonchev–Trinajstić information content (AvgIpc) is 3.13. The van der Waals surface area contributed by atoms with Crippen molar-refractivity contribution in [3.05, 3.63) is 59.9 Å². The van der Waals surface area contributed by atoms with E-state index in [0.717, 1.165) is 35.8 Å². The van der Waals surface area contributed by atoms with E-state index >= 15 is 0 Å². The van der Waals surface area contributed by atoms with Crippen molar-refractivity contribution in [3.63, 3.8) is 0 Å². The molecule has 1 saturated heterocycles. The number of hydrogen-bond acceptors (Lipinski definition) is 2. The molecule has 5 nitrogen and oxygen atoms in total. The Morgan fingerprint density at radius 2 is 1.84 bits per heavy atom. The summed E-state index contributed by atoms with van der Waals surface area (Å²) in [7, 11) is 0. The van der Waals surface area contributed by atoms with Gasteiger partial charge in [-0.15, -0.1) is 0 Å². The van der Waals surface area contributed by atoms with Gasteiger partial charge in [0.25, 0.3) is 0 Å². The van der Waals surface area contributed by atoms with Gasteiger partial charge in [-0.1, -0.05) is 24.3 Å². The standard InChI is InChI=1S/C23H25F3N4O/c1-15(2)30-20-12-6-5-11-19(20)27-21(30)16-8-7-13-29(14-16)22(31)28-18-10-4-3-9-17(18)23(24,25)26/h3-6,9-12,15-16H,7-8,13-14H2,1-2H3,(H,28,31). The van der Waals surface area contributed by atoms with Crippen molar-refractivity contribution >= 4 is 22.8 Å². The van der Waals surface area contributed by atoms with Crippen LogP contribution < -0.4 is 5.32 Å². The first-order valence-corrected chi connectivity index (χ1v) is 10.4. The van der Waals surface area contributed by atoms with Gasteiger partial charge in [-0.3, -0.25) is 0 Å². The number of amides is 2. The SMILES string of the molecule is CC(C)n1c(C2CCCN(C(=O)Nc3ccccc3C(F)(F)F)C2)nc2ccccc21. The Balaban J connectivity index is 1.57. The smallest absolute Gasteiger partial charge is 0.325 e. The molecule has 0 aliphatic carbocycles. The van der Waals surface area contributed by atoms with Gasteiger partial charge in [0, 0.05) is 25.0 Å². The fourth-order valence-electron chi connectivity index (χ4n) is 4.30. The lowest BCUT2D eigenvalue weighted by Gasteiger charge is -2.33. The molecule has 0 spiro atoms. The molecule has 1 atom stereocenters. The average molecular weight is 430 g/mol. The first-order valence-electron chi connectivity index (χ1n) is 10.4. The number of nitrogens with zero attached hydrogens (tertiary/aromatic N) is 3. The van der Waals surface area contributed by atoms with Gasteiger partial charge in [0.2, 0.25) is 0 Å². The lowest BCUT2D eigenvalue weighted by molar-refractivity contribution is -0.136. The van der Waals surface area contributed by atoms with Crippen molar-refractivity contribution in [2.24, 2.45) is 0 Å². The van der Waals surface area contributed by atoms with Crippen molar-refractivity contribution < 1.29 is 18.0 Å². The maximum absolute atomic E-state index is 13.3. The van der Waals surface area contributed by atoms with Gasteiger partial charge in [-0.25, -0.2) is 9.78 Å². The Bertz CT molecular complexity index is 1090. The maximum atomic E-state index is 13.3. The third-order valence-electron chi connectivity index (χ3n) is 5.69. The van der Waals surface area contributed by atoms with Crippen LogP contribution in [0, 0.1) is 0 Å². The predicted octanol–water partition coefficient (Wildman–Crippen LogP) is 6.05. The molecule has 1 aromatic heterocycles. The number of rotatable bonds is 3. The number of imidazole rings is 1. The molecular weight excluding hydrogens is 405 g/mol. The Labute approximate surface area is 178 Å². The number of benzene rings is 2. The van der Waals surface area contributed by atoms with Crippen LogP contribution >= 0.6 is 0 Å². The van der Waals surface area contributed by atoms with Gasteiger partial charge in [0.15, 0.2) is 0 Å². The van der Waals surface area contributed by atoms with Crippen molar-refractivity contribution in [3.8, 4) is 0 Å². The number of anilines is 1. The fraction of sp³-hybridized carbons (Fsp3) is 0.391. The number of likely N-dealkylation sites (tertiary alicyclic amines) is 1. The zero-order valence-electron chi connectivity index (χ0n) is 17.5. The predicted molar refractivity (Wildman–Crippen MR) is 114 cm³/mol. The molecule has 3 aromatic rings. The van der Waals surface area contributed by atoms with Crippen molar-refractivity contribution in [2.75, 3.05) is 18.4 Å². The number of hydrogen-bond donors (Lipinski definition) is 1. The third-order valence-corrected chi connectivity index (χ3v) is 5.69. The van der Waals surface area contributed by atoms with E-state index in [-0.39, 0.29) is 17.6 Å². The van der Waals surface area contributed by atoms with Gasteiger partial charge in [-0.05, 0) is 51.0 Å². The Hall–Kier alpha value is -3.03. The lowest BCUT2D eigenvalue weighted by Crippen LogP contribution is -2.42. The third kappa shape index (κ3) is 4.24. The van der Waals surface area contributed by atoms with E-state index in [1.807, 2.05) is 24.3 Å². The lowest BCUT2D eigenvalue weighted by atomic mass is 9.97. The first kappa shape index (κ1) is 21.2. The quantitative estimate of drug-likeness (QED) is 0.550. The van der Waals surface area contributed by atoms with E-state index in [1.165, 1.54) is 18.2 Å². The van der Waals surface area contributed by atoms with Crippen LogP contribution in [0.1, 0.15) is 50.0 Å². The van der Waals surface area contributed by atoms with E-state index < -0.39 is 17.8 Å². The highest BCUT2D eigenvalue weighted by Crippen LogP contribution is 2.35. The van der Waals surface area contributed by atoms with Crippen LogP contribution in [0.25, 0.3) is 11.0 Å². The van der Waals surface area contributed by atoms with Crippen LogP contribution in [0.4, 0.5) is 23.7 Å². The summed E-state index contributed by atoms with van der Waals surface area (Å²) in [5, 5.41) is 2.46. The summed E-state index contributed by atoms with van der Waals surface area (Å²) in [5.41, 5.74) is 0.884. The van der Waals surface area contributed by atoms with E-state index in [0.29, 0.717) is 13.1 Å². The molecular formula is C23H25F3N4O. The van der Waals surface area contributed by atoms with Crippen LogP contribution in [0.3, 0.4) is 0 Å². The highest BCUT2D eigenvalue weighted by atomic mass is 19.4. The summed E-state index contributed by atoms with van der Waals surface area (Å²) in [4.78, 5) is 19.3. The van der Waals surface area contributed by atoms with E-state index in [1.54, 1.807) is 4.90 Å². The minimum Gasteiger partial charge on any atom is -0.325 e. The molecule has 0 saturated carbocycles. The molecule has 2 aromatic carbocycles. The molecule has 8 heteroatoms. The normalized spacial score (nSPS) is 17.4. The monoisotopic (exact) mass is 430 g/mol. The number of alkyl halides is 3. The van der Waals surface area contributed by atoms with Crippen LogP contribution in [0.2, 0.25) is 0 Å². The highest BCUT2D eigenvalue weighted by molar-refractivity contribution is 5.90. The number of nitrogens with one attached hydrogen (secondary N) is 1. The number of piperidine rings is 1. The van der Waals surface area contributed by atoms with Gasteiger partial charge < -0.3 is 14.8 Å². The summed E-state index contributed by atoms with van der Waals surface area (Å²) in [6.07, 6.45) is -2.89. The largest absolute Gasteiger partial charge is 0.418 e. The minimum atomic E-state index is -4.53. The summed E-state index contributed by atoms with van der Waals surface area (Å²) < 4.78 is 42.0. The maximum Gasteiger partial charge on any atom is 0.418 e. The second-order valence-corrected chi connectivity index (χ2v) is 8.18. The summed E-state index contributed by atoms with van der Waals surface area (Å²) in [5.74, 6) is 0.941. The van der Waals surface area contributed by atoms with E-state index in [9.17, 15) is 18.0 Å². The number of carbonyl (C=O) groups excluding carboxylic acids is 1. The Kier molecular flexibility index (Phi) is 5.64. The second-order valence-electron chi connectivity index (χ2n) is 8.18. The molecule has 164 valence electrons. The van der Waals surface area contributed by atoms with E-state index in [2.05, 4.69) is 23.7 Å². The number of aromatic nitrogens is 2. The summed E-state index contributed by atoms with van der Waals surface area (Å²) in [6.45, 7) is 5.10. The fourth-order valence-corrected chi connectivity index (χ4v) is 4.30. The van der Waals surface area contributed by atoms with Crippen LogP contribution in [0.5, 0.6) is 0 Å². The topological polar surface area (TPSA) is 50.2 Å². The molecule has 1 unspecified atom stereocenters. The van der Waals surface area contributed by atoms with Crippen LogP contribution in [-0.2, 0) is 6.18 Å². The Morgan fingerprint density at radius 3 is 2.58 bits per heavy atom. The van der Waals surface area contributed by atoms with Crippen LogP contribution in [0.15, 0.2) is 48.5 Å². The molecule has 0 bridgehead atoms. The van der Waals surface area contributed by atoms with Crippen molar-refractivity contribution in [1.29, 1.82) is 0 Å². The summed E-state index contributed by atoms with van der Waals surface area (Å²) in [6, 6.07) is 12.7. The minimum absolute atomic E-state index is 0.0205. The molecule has 1 fully saturated rings. The second kappa shape index (κ2) is 8.24. The molecule has 4 rings (SSSR count). The molecule has 1 aliphatic rings. The highest BCUT2D eigenvalue weighted by Gasteiger charge is 2.35. The van der Waals surface area contributed by atoms with Gasteiger partial charge in [0.1, 0.15) is 5.82 Å². The summed E-state index contributed by atoms with van der Waals surface area (Å²) >= 11 is 0. The van der Waals surface area contributed by atoms with Crippen molar-refractivity contribution in [2.45, 2.75) is 44.8 Å².